The third-order valence-corrected chi connectivity index (χ3v) is 4.66. The van der Waals surface area contributed by atoms with Crippen LogP contribution in [-0.4, -0.2) is 19.6 Å². The Morgan fingerprint density at radius 2 is 2.10 bits per heavy atom. The highest BCUT2D eigenvalue weighted by Gasteiger charge is 2.33. The lowest BCUT2D eigenvalue weighted by Crippen LogP contribution is -2.36. The van der Waals surface area contributed by atoms with Crippen LogP contribution >= 0.6 is 11.6 Å². The molecule has 5 heteroatoms. The van der Waals surface area contributed by atoms with E-state index in [1.54, 1.807) is 25.3 Å². The summed E-state index contributed by atoms with van der Waals surface area (Å²) in [5, 5.41) is 3.39. The van der Waals surface area contributed by atoms with E-state index in [-0.39, 0.29) is 11.3 Å². The summed E-state index contributed by atoms with van der Waals surface area (Å²) in [6.07, 6.45) is 6.07. The van der Waals surface area contributed by atoms with Gasteiger partial charge in [0.25, 0.3) is 0 Å². The maximum Gasteiger partial charge on any atom is 0.225 e. The van der Waals surface area contributed by atoms with Crippen LogP contribution in [0.1, 0.15) is 38.5 Å². The zero-order valence-corrected chi connectivity index (χ0v) is 13.2. The van der Waals surface area contributed by atoms with Gasteiger partial charge >= 0.3 is 0 Å². The molecule has 1 aliphatic rings. The van der Waals surface area contributed by atoms with Crippen molar-refractivity contribution in [2.75, 3.05) is 19.0 Å². The van der Waals surface area contributed by atoms with Crippen LogP contribution in [-0.2, 0) is 4.79 Å². The quantitative estimate of drug-likeness (QED) is 0.873. The molecule has 1 aromatic rings. The Bertz CT molecular complexity index is 499. The Hall–Kier alpha value is -1.26. The molecule has 1 aliphatic carbocycles. The topological polar surface area (TPSA) is 64.3 Å². The van der Waals surface area contributed by atoms with Crippen LogP contribution in [0.2, 0.25) is 5.02 Å². The van der Waals surface area contributed by atoms with E-state index >= 15 is 0 Å². The van der Waals surface area contributed by atoms with Crippen molar-refractivity contribution in [3.8, 4) is 5.75 Å². The first-order chi connectivity index (χ1) is 10.1. The molecule has 4 nitrogen and oxygen atoms in total. The minimum atomic E-state index is -0.0479. The van der Waals surface area contributed by atoms with Crippen molar-refractivity contribution in [1.82, 2.24) is 0 Å². The Morgan fingerprint density at radius 1 is 1.38 bits per heavy atom. The van der Waals surface area contributed by atoms with Crippen LogP contribution in [0.15, 0.2) is 18.2 Å². The van der Waals surface area contributed by atoms with Crippen molar-refractivity contribution in [2.45, 2.75) is 38.5 Å². The number of benzene rings is 1. The molecule has 21 heavy (non-hydrogen) atoms. The molecule has 1 aromatic carbocycles. The average Bonchev–Trinajstić information content (AvgIpc) is 2.50. The fourth-order valence-electron chi connectivity index (χ4n) is 3.02. The Morgan fingerprint density at radius 3 is 2.71 bits per heavy atom. The molecule has 0 saturated heterocycles. The van der Waals surface area contributed by atoms with Gasteiger partial charge in [-0.05, 0) is 36.9 Å². The molecule has 116 valence electrons. The Kier molecular flexibility index (Phi) is 5.48. The molecule has 2 rings (SSSR count). The molecule has 0 radical (unpaired) electrons. The van der Waals surface area contributed by atoms with Crippen molar-refractivity contribution >= 4 is 23.2 Å². The van der Waals surface area contributed by atoms with E-state index in [0.29, 0.717) is 29.4 Å². The summed E-state index contributed by atoms with van der Waals surface area (Å²) in [5.41, 5.74) is 6.47. The van der Waals surface area contributed by atoms with Crippen molar-refractivity contribution in [1.29, 1.82) is 0 Å². The molecule has 3 N–H and O–H groups in total. The highest BCUT2D eigenvalue weighted by Crippen LogP contribution is 2.38. The predicted octanol–water partition coefficient (Wildman–Crippen LogP) is 3.59. The molecule has 0 atom stereocenters. The number of amides is 1. The first kappa shape index (κ1) is 16.1. The molecule has 1 fully saturated rings. The van der Waals surface area contributed by atoms with Gasteiger partial charge in [0.05, 0.1) is 17.8 Å². The van der Waals surface area contributed by atoms with Gasteiger partial charge in [0.1, 0.15) is 5.75 Å². The number of ether oxygens (including phenoxy) is 1. The maximum atomic E-state index is 12.3. The van der Waals surface area contributed by atoms with Gasteiger partial charge in [0, 0.05) is 12.5 Å². The number of methoxy groups -OCH3 is 1. The third-order valence-electron chi connectivity index (χ3n) is 4.33. The summed E-state index contributed by atoms with van der Waals surface area (Å²) < 4.78 is 5.15. The van der Waals surface area contributed by atoms with Gasteiger partial charge in [0.2, 0.25) is 5.91 Å². The summed E-state index contributed by atoms with van der Waals surface area (Å²) in [5.74, 6) is 0.637. The van der Waals surface area contributed by atoms with E-state index in [9.17, 15) is 4.79 Å². The standard InChI is InChI=1S/C16H23ClN2O2/c1-21-12-5-6-13(17)14(9-12)19-15(20)10-16(11-18)7-3-2-4-8-16/h5-6,9H,2-4,7-8,10-11,18H2,1H3,(H,19,20). The minimum Gasteiger partial charge on any atom is -0.497 e. The van der Waals surface area contributed by atoms with Crippen molar-refractivity contribution in [2.24, 2.45) is 11.1 Å². The number of rotatable bonds is 5. The normalized spacial score (nSPS) is 17.3. The lowest BCUT2D eigenvalue weighted by Gasteiger charge is -2.35. The first-order valence-corrected chi connectivity index (χ1v) is 7.80. The van der Waals surface area contributed by atoms with E-state index in [4.69, 9.17) is 22.1 Å². The van der Waals surface area contributed by atoms with Gasteiger partial charge in [-0.15, -0.1) is 0 Å². The number of nitrogens with one attached hydrogen (secondary N) is 1. The molecule has 0 heterocycles. The van der Waals surface area contributed by atoms with E-state index < -0.39 is 0 Å². The second kappa shape index (κ2) is 7.14. The summed E-state index contributed by atoms with van der Waals surface area (Å²) in [7, 11) is 1.58. The monoisotopic (exact) mass is 310 g/mol. The van der Waals surface area contributed by atoms with E-state index in [2.05, 4.69) is 5.32 Å². The maximum absolute atomic E-state index is 12.3. The van der Waals surface area contributed by atoms with Gasteiger partial charge < -0.3 is 15.8 Å². The van der Waals surface area contributed by atoms with Gasteiger partial charge in [-0.2, -0.15) is 0 Å². The molecule has 0 unspecified atom stereocenters. The predicted molar refractivity (Wildman–Crippen MR) is 85.8 cm³/mol. The zero-order chi connectivity index (χ0) is 15.3. The molecule has 0 bridgehead atoms. The summed E-state index contributed by atoms with van der Waals surface area (Å²) in [6, 6.07) is 5.21. The van der Waals surface area contributed by atoms with Crippen LogP contribution in [0.3, 0.4) is 0 Å². The van der Waals surface area contributed by atoms with Crippen LogP contribution in [0.25, 0.3) is 0 Å². The van der Waals surface area contributed by atoms with Gasteiger partial charge in [-0.25, -0.2) is 0 Å². The SMILES string of the molecule is COc1ccc(Cl)c(NC(=O)CC2(CN)CCCCC2)c1. The number of anilines is 1. The van der Waals surface area contributed by atoms with E-state index in [1.165, 1.54) is 6.42 Å². The lowest BCUT2D eigenvalue weighted by molar-refractivity contribution is -0.118. The van der Waals surface area contributed by atoms with Gasteiger partial charge in [0.15, 0.2) is 0 Å². The molecule has 1 saturated carbocycles. The van der Waals surface area contributed by atoms with Crippen LogP contribution in [0, 0.1) is 5.41 Å². The number of nitrogens with two attached hydrogens (primary N) is 1. The van der Waals surface area contributed by atoms with Crippen LogP contribution in [0.5, 0.6) is 5.75 Å². The molecule has 0 aliphatic heterocycles. The summed E-state index contributed by atoms with van der Waals surface area (Å²) in [6.45, 7) is 0.562. The van der Waals surface area contributed by atoms with E-state index in [0.717, 1.165) is 25.7 Å². The van der Waals surface area contributed by atoms with Crippen LogP contribution in [0.4, 0.5) is 5.69 Å². The van der Waals surface area contributed by atoms with Crippen molar-refractivity contribution < 1.29 is 9.53 Å². The highest BCUT2D eigenvalue weighted by atomic mass is 35.5. The number of carbonyl (C=O) groups is 1. The summed E-state index contributed by atoms with van der Waals surface area (Å²) >= 11 is 6.11. The minimum absolute atomic E-state index is 0.0301. The molecular weight excluding hydrogens is 288 g/mol. The number of carbonyl (C=O) groups excluding carboxylic acids is 1. The van der Waals surface area contributed by atoms with Crippen molar-refractivity contribution in [3.05, 3.63) is 23.2 Å². The zero-order valence-electron chi connectivity index (χ0n) is 12.5. The van der Waals surface area contributed by atoms with Crippen LogP contribution < -0.4 is 15.8 Å². The molecule has 1 amide bonds. The first-order valence-electron chi connectivity index (χ1n) is 7.42. The van der Waals surface area contributed by atoms with Gasteiger partial charge in [-0.1, -0.05) is 30.9 Å². The fraction of sp³-hybridized carbons (Fsp3) is 0.562. The largest absolute Gasteiger partial charge is 0.497 e. The Balaban J connectivity index is 2.04. The lowest BCUT2D eigenvalue weighted by atomic mass is 9.71. The second-order valence-corrected chi connectivity index (χ2v) is 6.24. The third kappa shape index (κ3) is 4.11. The number of halogens is 1. The fourth-order valence-corrected chi connectivity index (χ4v) is 3.18. The molecule has 0 spiro atoms. The van der Waals surface area contributed by atoms with Gasteiger partial charge in [-0.3, -0.25) is 4.79 Å². The summed E-state index contributed by atoms with van der Waals surface area (Å²) in [4.78, 5) is 12.3. The number of hydrogen-bond acceptors (Lipinski definition) is 3. The number of hydrogen-bond donors (Lipinski definition) is 2. The highest BCUT2D eigenvalue weighted by molar-refractivity contribution is 6.33. The van der Waals surface area contributed by atoms with Crippen molar-refractivity contribution in [3.63, 3.8) is 0 Å². The molecule has 0 aromatic heterocycles. The smallest absolute Gasteiger partial charge is 0.225 e. The second-order valence-electron chi connectivity index (χ2n) is 5.84. The van der Waals surface area contributed by atoms with E-state index in [1.807, 2.05) is 0 Å². The molecular formula is C16H23ClN2O2. The average molecular weight is 311 g/mol. The Labute approximate surface area is 131 Å².